The van der Waals surface area contributed by atoms with Crippen molar-refractivity contribution in [1.82, 2.24) is 5.32 Å². The van der Waals surface area contributed by atoms with Gasteiger partial charge in [-0.1, -0.05) is 38.8 Å². The monoisotopic (exact) mass is 415 g/mol. The van der Waals surface area contributed by atoms with Crippen LogP contribution in [0, 0.1) is 5.82 Å². The first-order valence-corrected chi connectivity index (χ1v) is 8.25. The van der Waals surface area contributed by atoms with Crippen molar-refractivity contribution < 1.29 is 9.13 Å². The summed E-state index contributed by atoms with van der Waals surface area (Å²) in [5, 5.41) is 3.35. The van der Waals surface area contributed by atoms with Gasteiger partial charge in [0.15, 0.2) is 0 Å². The minimum absolute atomic E-state index is 0.138. The summed E-state index contributed by atoms with van der Waals surface area (Å²) < 4.78 is 20.9. The van der Waals surface area contributed by atoms with Crippen LogP contribution in [0.1, 0.15) is 25.5 Å². The topological polar surface area (TPSA) is 21.3 Å². The van der Waals surface area contributed by atoms with E-state index in [1.54, 1.807) is 6.07 Å². The van der Waals surface area contributed by atoms with Crippen LogP contribution in [-0.4, -0.2) is 6.54 Å². The molecule has 2 nitrogen and oxygen atoms in total. The molecule has 112 valence electrons. The molecule has 1 N–H and O–H groups in total. The van der Waals surface area contributed by atoms with Gasteiger partial charge < -0.3 is 10.1 Å². The van der Waals surface area contributed by atoms with Crippen LogP contribution < -0.4 is 10.1 Å². The van der Waals surface area contributed by atoms with Crippen molar-refractivity contribution in [2.45, 2.75) is 19.9 Å². The third-order valence-electron chi connectivity index (χ3n) is 3.01. The summed E-state index contributed by atoms with van der Waals surface area (Å²) in [6.07, 6.45) is 0. The van der Waals surface area contributed by atoms with E-state index >= 15 is 0 Å². The lowest BCUT2D eigenvalue weighted by molar-refractivity contribution is 0.458. The van der Waals surface area contributed by atoms with Crippen LogP contribution in [0.15, 0.2) is 45.3 Å². The lowest BCUT2D eigenvalue weighted by Crippen LogP contribution is -2.18. The fourth-order valence-electron chi connectivity index (χ4n) is 2.08. The van der Waals surface area contributed by atoms with Crippen molar-refractivity contribution in [3.63, 3.8) is 0 Å². The third-order valence-corrected chi connectivity index (χ3v) is 3.96. The maximum absolute atomic E-state index is 13.4. The second kappa shape index (κ2) is 7.38. The van der Waals surface area contributed by atoms with Gasteiger partial charge in [-0.25, -0.2) is 4.39 Å². The Morgan fingerprint density at radius 1 is 1.14 bits per heavy atom. The summed E-state index contributed by atoms with van der Waals surface area (Å²) in [6, 6.07) is 10.5. The van der Waals surface area contributed by atoms with E-state index < -0.39 is 0 Å². The van der Waals surface area contributed by atoms with Crippen LogP contribution in [0.2, 0.25) is 0 Å². The van der Waals surface area contributed by atoms with Crippen molar-refractivity contribution in [2.75, 3.05) is 6.54 Å². The van der Waals surface area contributed by atoms with Crippen molar-refractivity contribution in [1.29, 1.82) is 0 Å². The molecule has 0 saturated carbocycles. The average Bonchev–Trinajstić information content (AvgIpc) is 2.40. The van der Waals surface area contributed by atoms with E-state index in [2.05, 4.69) is 51.0 Å². The number of hydrogen-bond donors (Lipinski definition) is 1. The van der Waals surface area contributed by atoms with E-state index in [0.717, 1.165) is 16.6 Å². The standard InChI is InChI=1S/C16H16Br2FNO/c1-3-20-10(2)15-8-11(17)4-5-16(15)21-14-7-12(18)6-13(19)9-14/h4-10,20H,3H2,1-2H3. The van der Waals surface area contributed by atoms with Gasteiger partial charge in [-0.3, -0.25) is 0 Å². The molecule has 0 heterocycles. The molecule has 2 rings (SSSR count). The molecule has 0 saturated heterocycles. The van der Waals surface area contributed by atoms with Gasteiger partial charge in [0.25, 0.3) is 0 Å². The minimum atomic E-state index is -0.335. The Morgan fingerprint density at radius 3 is 2.57 bits per heavy atom. The molecule has 0 fully saturated rings. The summed E-state index contributed by atoms with van der Waals surface area (Å²) in [4.78, 5) is 0. The van der Waals surface area contributed by atoms with Crippen LogP contribution in [0.3, 0.4) is 0 Å². The zero-order chi connectivity index (χ0) is 15.4. The SMILES string of the molecule is CCNC(C)c1cc(Br)ccc1Oc1cc(F)cc(Br)c1. The first-order chi connectivity index (χ1) is 9.99. The number of rotatable bonds is 5. The maximum Gasteiger partial charge on any atom is 0.132 e. The highest BCUT2D eigenvalue weighted by Crippen LogP contribution is 2.33. The molecule has 0 aliphatic carbocycles. The smallest absolute Gasteiger partial charge is 0.132 e. The first-order valence-electron chi connectivity index (χ1n) is 6.66. The fourth-order valence-corrected chi connectivity index (χ4v) is 2.90. The molecule has 0 spiro atoms. The Labute approximate surface area is 141 Å². The van der Waals surface area contributed by atoms with Crippen LogP contribution in [0.4, 0.5) is 4.39 Å². The largest absolute Gasteiger partial charge is 0.457 e. The van der Waals surface area contributed by atoms with Crippen LogP contribution >= 0.6 is 31.9 Å². The van der Waals surface area contributed by atoms with Gasteiger partial charge in [-0.15, -0.1) is 0 Å². The second-order valence-electron chi connectivity index (χ2n) is 4.67. The van der Waals surface area contributed by atoms with E-state index in [1.165, 1.54) is 12.1 Å². The number of ether oxygens (including phenoxy) is 1. The van der Waals surface area contributed by atoms with Crippen molar-refractivity contribution in [2.24, 2.45) is 0 Å². The molecule has 21 heavy (non-hydrogen) atoms. The summed E-state index contributed by atoms with van der Waals surface area (Å²) in [6.45, 7) is 4.98. The summed E-state index contributed by atoms with van der Waals surface area (Å²) in [7, 11) is 0. The van der Waals surface area contributed by atoms with Gasteiger partial charge in [0.2, 0.25) is 0 Å². The predicted molar refractivity (Wildman–Crippen MR) is 90.4 cm³/mol. The Morgan fingerprint density at radius 2 is 1.90 bits per heavy atom. The van der Waals surface area contributed by atoms with Gasteiger partial charge in [0.05, 0.1) is 0 Å². The van der Waals surface area contributed by atoms with Crippen LogP contribution in [-0.2, 0) is 0 Å². The summed E-state index contributed by atoms with van der Waals surface area (Å²) in [5.41, 5.74) is 1.02. The van der Waals surface area contributed by atoms with E-state index in [9.17, 15) is 4.39 Å². The Bertz CT molecular complexity index is 613. The molecule has 0 aliphatic heterocycles. The molecule has 0 amide bonds. The summed E-state index contributed by atoms with van der Waals surface area (Å²) in [5.74, 6) is 0.844. The highest BCUT2D eigenvalue weighted by molar-refractivity contribution is 9.10. The number of nitrogens with one attached hydrogen (secondary N) is 1. The lowest BCUT2D eigenvalue weighted by atomic mass is 10.1. The van der Waals surface area contributed by atoms with E-state index in [1.807, 2.05) is 18.2 Å². The number of benzene rings is 2. The van der Waals surface area contributed by atoms with Crippen molar-refractivity contribution in [3.8, 4) is 11.5 Å². The average molecular weight is 417 g/mol. The normalized spacial score (nSPS) is 12.2. The molecule has 1 atom stereocenters. The molecular weight excluding hydrogens is 401 g/mol. The minimum Gasteiger partial charge on any atom is -0.457 e. The molecule has 0 aliphatic rings. The summed E-state index contributed by atoms with van der Waals surface area (Å²) >= 11 is 6.74. The molecule has 2 aromatic rings. The van der Waals surface area contributed by atoms with Gasteiger partial charge in [-0.05, 0) is 43.8 Å². The van der Waals surface area contributed by atoms with Crippen LogP contribution in [0.25, 0.3) is 0 Å². The van der Waals surface area contributed by atoms with E-state index in [-0.39, 0.29) is 11.9 Å². The van der Waals surface area contributed by atoms with Gasteiger partial charge in [0, 0.05) is 26.6 Å². The zero-order valence-electron chi connectivity index (χ0n) is 11.8. The Balaban J connectivity index is 2.34. The highest BCUT2D eigenvalue weighted by Gasteiger charge is 2.13. The Hall–Kier alpha value is -0.910. The van der Waals surface area contributed by atoms with Crippen LogP contribution in [0.5, 0.6) is 11.5 Å². The lowest BCUT2D eigenvalue weighted by Gasteiger charge is -2.18. The van der Waals surface area contributed by atoms with Crippen molar-refractivity contribution >= 4 is 31.9 Å². The predicted octanol–water partition coefficient (Wildman–Crippen LogP) is 5.81. The maximum atomic E-state index is 13.4. The zero-order valence-corrected chi connectivity index (χ0v) is 15.0. The first kappa shape index (κ1) is 16.5. The fraction of sp³-hybridized carbons (Fsp3) is 0.250. The van der Waals surface area contributed by atoms with Gasteiger partial charge in [-0.2, -0.15) is 0 Å². The second-order valence-corrected chi connectivity index (χ2v) is 6.50. The molecule has 0 aromatic heterocycles. The highest BCUT2D eigenvalue weighted by atomic mass is 79.9. The Kier molecular flexibility index (Phi) is 5.79. The molecule has 0 bridgehead atoms. The number of hydrogen-bond acceptors (Lipinski definition) is 2. The van der Waals surface area contributed by atoms with E-state index in [0.29, 0.717) is 16.0 Å². The van der Waals surface area contributed by atoms with Crippen molar-refractivity contribution in [3.05, 3.63) is 56.7 Å². The van der Waals surface area contributed by atoms with Gasteiger partial charge in [0.1, 0.15) is 17.3 Å². The van der Waals surface area contributed by atoms with Gasteiger partial charge >= 0.3 is 0 Å². The van der Waals surface area contributed by atoms with E-state index in [4.69, 9.17) is 4.74 Å². The molecule has 2 aromatic carbocycles. The molecule has 0 radical (unpaired) electrons. The molecular formula is C16H16Br2FNO. The third kappa shape index (κ3) is 4.53. The molecule has 1 unspecified atom stereocenters. The number of halogens is 3. The molecule has 5 heteroatoms. The quantitative estimate of drug-likeness (QED) is 0.663.